The van der Waals surface area contributed by atoms with Crippen LogP contribution in [0.3, 0.4) is 0 Å². The predicted octanol–water partition coefficient (Wildman–Crippen LogP) is 5.40. The zero-order chi connectivity index (χ0) is 20.9. The van der Waals surface area contributed by atoms with Crippen LogP contribution in [0, 0.1) is 0 Å². The molecule has 158 valence electrons. The monoisotopic (exact) mass is 406 g/mol. The molecule has 0 saturated heterocycles. The summed E-state index contributed by atoms with van der Waals surface area (Å²) in [6.45, 7) is 3.20. The minimum absolute atomic E-state index is 0.345. The third-order valence-corrected chi connectivity index (χ3v) is 5.82. The van der Waals surface area contributed by atoms with Crippen molar-refractivity contribution in [2.75, 3.05) is 12.3 Å². The highest BCUT2D eigenvalue weighted by atomic mass is 16.5. The number of carbonyl (C=O) groups excluding carboxylic acids is 1. The van der Waals surface area contributed by atoms with Gasteiger partial charge in [-0.15, -0.1) is 0 Å². The Morgan fingerprint density at radius 1 is 1.17 bits per heavy atom. The largest absolute Gasteiger partial charge is 0.462 e. The van der Waals surface area contributed by atoms with Gasteiger partial charge in [0.1, 0.15) is 16.9 Å². The molecule has 2 aromatic heterocycles. The molecule has 0 fully saturated rings. The molecule has 1 aromatic carbocycles. The number of unbranched alkanes of at least 4 members (excludes halogenated alkanes) is 2. The Morgan fingerprint density at radius 3 is 2.70 bits per heavy atom. The van der Waals surface area contributed by atoms with Crippen LogP contribution >= 0.6 is 0 Å². The highest BCUT2D eigenvalue weighted by molar-refractivity contribution is 6.08. The molecule has 1 aliphatic carbocycles. The molecule has 0 bridgehead atoms. The molecule has 0 aliphatic heterocycles. The van der Waals surface area contributed by atoms with Crippen molar-refractivity contribution >= 4 is 34.0 Å². The number of benzene rings is 1. The van der Waals surface area contributed by atoms with Crippen LogP contribution in [-0.4, -0.2) is 27.1 Å². The summed E-state index contributed by atoms with van der Waals surface area (Å²) in [4.78, 5) is 22.5. The number of aryl methyl sites for hydroxylation is 1. The minimum Gasteiger partial charge on any atom is -0.462 e. The van der Waals surface area contributed by atoms with Crippen molar-refractivity contribution in [2.45, 2.75) is 64.8 Å². The fraction of sp³-hybridized carbons (Fsp3) is 0.458. The summed E-state index contributed by atoms with van der Waals surface area (Å²) in [5, 5.41) is 0. The molecule has 2 heterocycles. The van der Waals surface area contributed by atoms with Gasteiger partial charge in [-0.25, -0.2) is 14.8 Å². The molecule has 6 nitrogen and oxygen atoms in total. The minimum atomic E-state index is -0.409. The molecule has 0 spiro atoms. The molecule has 0 amide bonds. The first-order valence-corrected chi connectivity index (χ1v) is 11.1. The number of hydrogen-bond donors (Lipinski definition) is 1. The first-order valence-electron chi connectivity index (χ1n) is 11.1. The van der Waals surface area contributed by atoms with E-state index in [-0.39, 0.29) is 0 Å². The summed E-state index contributed by atoms with van der Waals surface area (Å²) < 4.78 is 7.46. The van der Waals surface area contributed by atoms with E-state index in [1.165, 1.54) is 18.4 Å². The maximum Gasteiger partial charge on any atom is 0.344 e. The fourth-order valence-corrected chi connectivity index (χ4v) is 4.12. The number of fused-ring (bicyclic) bond motifs is 2. The molecule has 0 radical (unpaired) electrons. The lowest BCUT2D eigenvalue weighted by molar-refractivity contribution is 0.0501. The number of allylic oxidation sites excluding steroid dienone is 2. The molecule has 1 aliphatic rings. The lowest BCUT2D eigenvalue weighted by atomic mass is 9.97. The van der Waals surface area contributed by atoms with Gasteiger partial charge in [-0.1, -0.05) is 43.5 Å². The standard InChI is InChI=1S/C24H30N4O2/c1-2-3-9-16-30-24(29)20-21-23(27-19-13-8-7-12-18(19)26-21)28(22(20)25)15-14-17-10-5-4-6-11-17/h7-8,10,12-13H,2-6,9,11,14-16,25H2,1H3. The first-order chi connectivity index (χ1) is 14.7. The van der Waals surface area contributed by atoms with Crippen LogP contribution in [0.1, 0.15) is 68.6 Å². The van der Waals surface area contributed by atoms with Gasteiger partial charge in [0, 0.05) is 6.54 Å². The molecular formula is C24H30N4O2. The van der Waals surface area contributed by atoms with E-state index in [1.807, 2.05) is 28.8 Å². The molecule has 4 rings (SSSR count). The van der Waals surface area contributed by atoms with Gasteiger partial charge < -0.3 is 15.0 Å². The summed E-state index contributed by atoms with van der Waals surface area (Å²) >= 11 is 0. The maximum absolute atomic E-state index is 12.9. The fourth-order valence-electron chi connectivity index (χ4n) is 4.12. The molecule has 0 unspecified atom stereocenters. The second-order valence-electron chi connectivity index (χ2n) is 8.00. The van der Waals surface area contributed by atoms with Crippen LogP contribution in [0.25, 0.3) is 22.2 Å². The van der Waals surface area contributed by atoms with Gasteiger partial charge >= 0.3 is 5.97 Å². The Bertz CT molecular complexity index is 1080. The number of hydrogen-bond acceptors (Lipinski definition) is 5. The number of nitrogens with zero attached hydrogens (tertiary/aromatic N) is 3. The Labute approximate surface area is 177 Å². The molecular weight excluding hydrogens is 376 g/mol. The van der Waals surface area contributed by atoms with Gasteiger partial charge in [0.2, 0.25) is 0 Å². The summed E-state index contributed by atoms with van der Waals surface area (Å²) in [5.41, 5.74) is 11.0. The lowest BCUT2D eigenvalue weighted by Crippen LogP contribution is -2.11. The highest BCUT2D eigenvalue weighted by Gasteiger charge is 2.25. The number of rotatable bonds is 8. The third kappa shape index (κ3) is 4.18. The Morgan fingerprint density at radius 2 is 1.97 bits per heavy atom. The molecule has 6 heteroatoms. The topological polar surface area (TPSA) is 83.0 Å². The Hall–Kier alpha value is -2.89. The predicted molar refractivity (Wildman–Crippen MR) is 120 cm³/mol. The maximum atomic E-state index is 12.9. The van der Waals surface area contributed by atoms with Crippen molar-refractivity contribution in [2.24, 2.45) is 0 Å². The number of nitrogen functional groups attached to an aromatic ring is 1. The highest BCUT2D eigenvalue weighted by Crippen LogP contribution is 2.30. The van der Waals surface area contributed by atoms with E-state index < -0.39 is 5.97 Å². The number of aromatic nitrogens is 3. The van der Waals surface area contributed by atoms with Crippen molar-refractivity contribution in [3.8, 4) is 0 Å². The zero-order valence-electron chi connectivity index (χ0n) is 17.7. The van der Waals surface area contributed by atoms with Crippen molar-refractivity contribution < 1.29 is 9.53 Å². The SMILES string of the molecule is CCCCCOC(=O)c1c(N)n(CCC2=CCCCC2)c2nc3ccccc3nc12. The summed E-state index contributed by atoms with van der Waals surface area (Å²) in [7, 11) is 0. The number of para-hydroxylation sites is 2. The number of anilines is 1. The number of esters is 1. The lowest BCUT2D eigenvalue weighted by Gasteiger charge is -2.14. The third-order valence-electron chi connectivity index (χ3n) is 5.82. The van der Waals surface area contributed by atoms with E-state index in [9.17, 15) is 4.79 Å². The Balaban J connectivity index is 1.71. The van der Waals surface area contributed by atoms with Gasteiger partial charge in [0.15, 0.2) is 5.65 Å². The van der Waals surface area contributed by atoms with E-state index in [2.05, 4.69) is 13.0 Å². The van der Waals surface area contributed by atoms with Gasteiger partial charge in [0.25, 0.3) is 0 Å². The van der Waals surface area contributed by atoms with Gasteiger partial charge in [-0.05, 0) is 50.7 Å². The molecule has 2 N–H and O–H groups in total. The van der Waals surface area contributed by atoms with Crippen LogP contribution in [0.15, 0.2) is 35.9 Å². The van der Waals surface area contributed by atoms with Crippen LogP contribution in [0.2, 0.25) is 0 Å². The number of carbonyl (C=O) groups is 1. The van der Waals surface area contributed by atoms with Gasteiger partial charge in [0.05, 0.1) is 17.6 Å². The summed E-state index contributed by atoms with van der Waals surface area (Å²) in [6, 6.07) is 7.69. The number of ether oxygens (including phenoxy) is 1. The smallest absolute Gasteiger partial charge is 0.344 e. The second kappa shape index (κ2) is 9.28. The quantitative estimate of drug-likeness (QED) is 0.307. The van der Waals surface area contributed by atoms with Crippen molar-refractivity contribution in [3.05, 3.63) is 41.5 Å². The average molecular weight is 407 g/mol. The van der Waals surface area contributed by atoms with Crippen molar-refractivity contribution in [1.29, 1.82) is 0 Å². The van der Waals surface area contributed by atoms with Crippen LogP contribution in [0.4, 0.5) is 5.82 Å². The first kappa shape index (κ1) is 20.4. The van der Waals surface area contributed by atoms with Gasteiger partial charge in [-0.3, -0.25) is 0 Å². The summed E-state index contributed by atoms with van der Waals surface area (Å²) in [5.74, 6) is -0.00831. The summed E-state index contributed by atoms with van der Waals surface area (Å²) in [6.07, 6.45) is 11.0. The van der Waals surface area contributed by atoms with E-state index in [0.29, 0.717) is 35.7 Å². The van der Waals surface area contributed by atoms with Crippen LogP contribution in [-0.2, 0) is 11.3 Å². The molecule has 0 saturated carbocycles. The zero-order valence-corrected chi connectivity index (χ0v) is 17.7. The second-order valence-corrected chi connectivity index (χ2v) is 8.00. The van der Waals surface area contributed by atoms with E-state index >= 15 is 0 Å². The molecule has 30 heavy (non-hydrogen) atoms. The van der Waals surface area contributed by atoms with E-state index in [1.54, 1.807) is 0 Å². The molecule has 3 aromatic rings. The van der Waals surface area contributed by atoms with Crippen LogP contribution in [0.5, 0.6) is 0 Å². The van der Waals surface area contributed by atoms with Crippen molar-refractivity contribution in [1.82, 2.24) is 14.5 Å². The number of nitrogens with two attached hydrogens (primary N) is 1. The van der Waals surface area contributed by atoms with E-state index in [0.717, 1.165) is 49.6 Å². The van der Waals surface area contributed by atoms with Crippen molar-refractivity contribution in [3.63, 3.8) is 0 Å². The van der Waals surface area contributed by atoms with E-state index in [4.69, 9.17) is 20.4 Å². The molecule has 0 atom stereocenters. The Kier molecular flexibility index (Phi) is 6.31. The average Bonchev–Trinajstić information content (AvgIpc) is 3.04. The van der Waals surface area contributed by atoms with Gasteiger partial charge in [-0.2, -0.15) is 0 Å². The van der Waals surface area contributed by atoms with Crippen LogP contribution < -0.4 is 5.73 Å². The normalized spacial score (nSPS) is 14.2.